The zero-order chi connectivity index (χ0) is 20.7. The Morgan fingerprint density at radius 3 is 2.38 bits per heavy atom. The summed E-state index contributed by atoms with van der Waals surface area (Å²) < 4.78 is 37.8. The molecule has 3 rings (SSSR count). The predicted octanol–water partition coefficient (Wildman–Crippen LogP) is 3.71. The third-order valence-corrected chi connectivity index (χ3v) is 5.75. The maximum absolute atomic E-state index is 12.6. The first-order valence-electron chi connectivity index (χ1n) is 9.76. The van der Waals surface area contributed by atoms with Crippen molar-refractivity contribution in [2.24, 2.45) is 4.99 Å². The van der Waals surface area contributed by atoms with E-state index in [9.17, 15) is 13.2 Å². The van der Waals surface area contributed by atoms with Gasteiger partial charge in [-0.05, 0) is 37.0 Å². The Balaban J connectivity index is 1.37. The number of rotatable bonds is 7. The van der Waals surface area contributed by atoms with Crippen molar-refractivity contribution in [1.29, 1.82) is 0 Å². The summed E-state index contributed by atoms with van der Waals surface area (Å²) in [7, 11) is 1.70. The van der Waals surface area contributed by atoms with Crippen molar-refractivity contribution in [2.75, 3.05) is 38.1 Å². The van der Waals surface area contributed by atoms with Gasteiger partial charge in [0.2, 0.25) is 0 Å². The first kappa shape index (κ1) is 21.4. The van der Waals surface area contributed by atoms with Gasteiger partial charge in [-0.2, -0.15) is 13.2 Å². The van der Waals surface area contributed by atoms with Crippen molar-refractivity contribution in [2.45, 2.75) is 31.9 Å². The molecule has 9 heteroatoms. The first-order chi connectivity index (χ1) is 14.0. The molecule has 1 aromatic heterocycles. The third-order valence-electron chi connectivity index (χ3n) is 4.80. The van der Waals surface area contributed by atoms with E-state index in [0.717, 1.165) is 48.0 Å². The maximum atomic E-state index is 12.6. The average Bonchev–Trinajstić information content (AvgIpc) is 3.38. The lowest BCUT2D eigenvalue weighted by Crippen LogP contribution is -2.39. The van der Waals surface area contributed by atoms with Gasteiger partial charge in [-0.1, -0.05) is 12.1 Å². The quantitative estimate of drug-likeness (QED) is 0.525. The molecule has 2 aromatic rings. The molecule has 1 aliphatic rings. The van der Waals surface area contributed by atoms with Crippen LogP contribution in [0.3, 0.4) is 0 Å². The number of alkyl halides is 3. The molecule has 0 bridgehead atoms. The van der Waals surface area contributed by atoms with Crippen LogP contribution in [0.15, 0.2) is 34.6 Å². The number of nitrogens with zero attached hydrogens (tertiary/aromatic N) is 3. The number of aromatic nitrogens is 1. The molecule has 1 saturated heterocycles. The Bertz CT molecular complexity index is 795. The second-order valence-corrected chi connectivity index (χ2v) is 7.77. The van der Waals surface area contributed by atoms with Crippen LogP contribution in [0.2, 0.25) is 0 Å². The standard InChI is InChI=1S/C20H26F3N5S/c1-24-18(25-10-8-15-4-6-16(7-5-15)20(21,22)23)26-11-9-17-14-29-19(27-17)28-12-2-3-13-28/h4-7,14H,2-3,8-13H2,1H3,(H2,24,25,26). The van der Waals surface area contributed by atoms with Gasteiger partial charge < -0.3 is 15.5 Å². The smallest absolute Gasteiger partial charge is 0.356 e. The van der Waals surface area contributed by atoms with E-state index in [1.807, 2.05) is 0 Å². The highest BCUT2D eigenvalue weighted by molar-refractivity contribution is 7.13. The molecule has 0 spiro atoms. The van der Waals surface area contributed by atoms with Crippen LogP contribution in [0.1, 0.15) is 29.7 Å². The molecule has 0 aliphatic carbocycles. The predicted molar refractivity (Wildman–Crippen MR) is 112 cm³/mol. The Morgan fingerprint density at radius 1 is 1.10 bits per heavy atom. The number of halogens is 3. The minimum absolute atomic E-state index is 0.584. The summed E-state index contributed by atoms with van der Waals surface area (Å²) >= 11 is 1.70. The Labute approximate surface area is 173 Å². The van der Waals surface area contributed by atoms with Gasteiger partial charge in [0.05, 0.1) is 11.3 Å². The Morgan fingerprint density at radius 2 is 1.76 bits per heavy atom. The molecule has 1 aromatic carbocycles. The Kier molecular flexibility index (Phi) is 7.35. The van der Waals surface area contributed by atoms with Gasteiger partial charge in [0.25, 0.3) is 0 Å². The van der Waals surface area contributed by atoms with Crippen LogP contribution in [0.4, 0.5) is 18.3 Å². The summed E-state index contributed by atoms with van der Waals surface area (Å²) in [6.45, 7) is 3.49. The summed E-state index contributed by atoms with van der Waals surface area (Å²) in [5.41, 5.74) is 1.30. The minimum atomic E-state index is -4.30. The molecule has 29 heavy (non-hydrogen) atoms. The lowest BCUT2D eigenvalue weighted by Gasteiger charge is -2.13. The van der Waals surface area contributed by atoms with Gasteiger partial charge in [-0.15, -0.1) is 11.3 Å². The van der Waals surface area contributed by atoms with E-state index >= 15 is 0 Å². The number of hydrogen-bond donors (Lipinski definition) is 2. The van der Waals surface area contributed by atoms with Crippen LogP contribution >= 0.6 is 11.3 Å². The summed E-state index contributed by atoms with van der Waals surface area (Å²) in [5.74, 6) is 0.673. The highest BCUT2D eigenvalue weighted by Gasteiger charge is 2.29. The zero-order valence-corrected chi connectivity index (χ0v) is 17.2. The molecule has 0 atom stereocenters. The summed E-state index contributed by atoms with van der Waals surface area (Å²) in [5, 5.41) is 9.66. The molecule has 5 nitrogen and oxygen atoms in total. The number of hydrogen-bond acceptors (Lipinski definition) is 4. The van der Waals surface area contributed by atoms with Crippen molar-refractivity contribution in [3.63, 3.8) is 0 Å². The van der Waals surface area contributed by atoms with Gasteiger partial charge in [0.1, 0.15) is 0 Å². The van der Waals surface area contributed by atoms with E-state index in [2.05, 4.69) is 25.9 Å². The first-order valence-corrected chi connectivity index (χ1v) is 10.6. The largest absolute Gasteiger partial charge is 0.416 e. The molecule has 1 fully saturated rings. The summed E-state index contributed by atoms with van der Waals surface area (Å²) in [4.78, 5) is 11.2. The highest BCUT2D eigenvalue weighted by Crippen LogP contribution is 2.29. The molecule has 2 heterocycles. The van der Waals surface area contributed by atoms with Crippen molar-refractivity contribution in [3.05, 3.63) is 46.5 Å². The van der Waals surface area contributed by atoms with Crippen molar-refractivity contribution in [1.82, 2.24) is 15.6 Å². The van der Waals surface area contributed by atoms with Crippen LogP contribution in [-0.2, 0) is 19.0 Å². The molecule has 2 N–H and O–H groups in total. The van der Waals surface area contributed by atoms with Crippen LogP contribution < -0.4 is 15.5 Å². The number of guanidine groups is 1. The highest BCUT2D eigenvalue weighted by atomic mass is 32.1. The number of nitrogens with one attached hydrogen (secondary N) is 2. The molecule has 0 saturated carbocycles. The lowest BCUT2D eigenvalue weighted by atomic mass is 10.1. The molecule has 1 aliphatic heterocycles. The van der Waals surface area contributed by atoms with Crippen molar-refractivity contribution >= 4 is 22.4 Å². The number of thiazole rings is 1. The zero-order valence-electron chi connectivity index (χ0n) is 16.4. The molecule has 0 unspecified atom stereocenters. The molecule has 0 radical (unpaired) electrons. The van der Waals surface area contributed by atoms with Gasteiger partial charge in [0.15, 0.2) is 11.1 Å². The number of anilines is 1. The normalized spacial score (nSPS) is 15.0. The van der Waals surface area contributed by atoms with E-state index in [1.165, 1.54) is 25.0 Å². The summed E-state index contributed by atoms with van der Waals surface area (Å²) in [6.07, 6.45) is -0.390. The minimum Gasteiger partial charge on any atom is -0.356 e. The van der Waals surface area contributed by atoms with Gasteiger partial charge in [-0.3, -0.25) is 4.99 Å². The molecular formula is C20H26F3N5S. The van der Waals surface area contributed by atoms with Crippen molar-refractivity contribution < 1.29 is 13.2 Å². The second-order valence-electron chi connectivity index (χ2n) is 6.94. The second kappa shape index (κ2) is 9.96. The van der Waals surface area contributed by atoms with E-state index in [4.69, 9.17) is 4.98 Å². The Hall–Kier alpha value is -2.29. The van der Waals surface area contributed by atoms with Crippen molar-refractivity contribution in [3.8, 4) is 0 Å². The van der Waals surface area contributed by atoms with Crippen LogP contribution in [-0.4, -0.2) is 44.2 Å². The molecule has 0 amide bonds. The fourth-order valence-electron chi connectivity index (χ4n) is 3.18. The van der Waals surface area contributed by atoms with E-state index in [1.54, 1.807) is 18.4 Å². The van der Waals surface area contributed by atoms with Crippen LogP contribution in [0.5, 0.6) is 0 Å². The lowest BCUT2D eigenvalue weighted by molar-refractivity contribution is -0.137. The average molecular weight is 426 g/mol. The van der Waals surface area contributed by atoms with Crippen LogP contribution in [0, 0.1) is 0 Å². The fraction of sp³-hybridized carbons (Fsp3) is 0.500. The number of aliphatic imine (C=N–C) groups is 1. The summed E-state index contributed by atoms with van der Waals surface area (Å²) in [6, 6.07) is 5.26. The van der Waals surface area contributed by atoms with E-state index < -0.39 is 11.7 Å². The van der Waals surface area contributed by atoms with Crippen LogP contribution in [0.25, 0.3) is 0 Å². The van der Waals surface area contributed by atoms with Gasteiger partial charge in [0, 0.05) is 45.0 Å². The third kappa shape index (κ3) is 6.35. The molecule has 158 valence electrons. The van der Waals surface area contributed by atoms with E-state index in [-0.39, 0.29) is 0 Å². The maximum Gasteiger partial charge on any atom is 0.416 e. The van der Waals surface area contributed by atoms with Gasteiger partial charge in [-0.25, -0.2) is 4.98 Å². The SMILES string of the molecule is CN=C(NCCc1ccc(C(F)(F)F)cc1)NCCc1csc(N2CCCC2)n1. The fourth-order valence-corrected chi connectivity index (χ4v) is 4.09. The molecular weight excluding hydrogens is 399 g/mol. The monoisotopic (exact) mass is 425 g/mol. The number of benzene rings is 1. The topological polar surface area (TPSA) is 52.6 Å². The van der Waals surface area contributed by atoms with Gasteiger partial charge >= 0.3 is 6.18 Å². The van der Waals surface area contributed by atoms with E-state index in [0.29, 0.717) is 25.5 Å².